The first kappa shape index (κ1) is 17.5. The summed E-state index contributed by atoms with van der Waals surface area (Å²) >= 11 is 0. The lowest BCUT2D eigenvalue weighted by Gasteiger charge is -2.34. The zero-order chi connectivity index (χ0) is 16.5. The normalized spacial score (nSPS) is 16.6. The number of benzene rings is 1. The molecule has 2 rings (SSSR count). The third kappa shape index (κ3) is 5.39. The number of carbonyl (C=O) groups is 1. The Morgan fingerprint density at radius 1 is 1.26 bits per heavy atom. The van der Waals surface area contributed by atoms with E-state index in [1.807, 2.05) is 30.3 Å². The van der Waals surface area contributed by atoms with Crippen molar-refractivity contribution in [3.8, 4) is 0 Å². The molecule has 1 amide bonds. The average Bonchev–Trinajstić information content (AvgIpc) is 2.61. The van der Waals surface area contributed by atoms with Crippen molar-refractivity contribution in [3.63, 3.8) is 0 Å². The smallest absolute Gasteiger partial charge is 0.414 e. The first-order chi connectivity index (χ1) is 11.2. The summed E-state index contributed by atoms with van der Waals surface area (Å²) in [7, 11) is 1.45. The second-order valence-electron chi connectivity index (χ2n) is 6.04. The van der Waals surface area contributed by atoms with Crippen LogP contribution in [0.1, 0.15) is 26.2 Å². The van der Waals surface area contributed by atoms with Gasteiger partial charge in [-0.2, -0.15) is 0 Å². The van der Waals surface area contributed by atoms with E-state index < -0.39 is 0 Å². The summed E-state index contributed by atoms with van der Waals surface area (Å²) in [6.45, 7) is 6.13. The van der Waals surface area contributed by atoms with Crippen LogP contribution in [0.4, 0.5) is 10.5 Å². The van der Waals surface area contributed by atoms with Crippen molar-refractivity contribution in [2.45, 2.75) is 26.2 Å². The van der Waals surface area contributed by atoms with Crippen molar-refractivity contribution < 1.29 is 9.53 Å². The summed E-state index contributed by atoms with van der Waals surface area (Å²) in [4.78, 5) is 16.4. The van der Waals surface area contributed by atoms with E-state index in [-0.39, 0.29) is 6.09 Å². The number of methoxy groups -OCH3 is 1. The molecule has 1 aliphatic heterocycles. The summed E-state index contributed by atoms with van der Waals surface area (Å²) in [5.74, 6) is 0.528. The fourth-order valence-electron chi connectivity index (χ4n) is 3.00. The Bertz CT molecular complexity index is 493. The molecule has 1 heterocycles. The van der Waals surface area contributed by atoms with Crippen LogP contribution in [-0.4, -0.2) is 44.3 Å². The van der Waals surface area contributed by atoms with Gasteiger partial charge in [-0.1, -0.05) is 37.3 Å². The van der Waals surface area contributed by atoms with E-state index in [4.69, 9.17) is 4.74 Å². The Labute approximate surface area is 139 Å². The van der Waals surface area contributed by atoms with Crippen LogP contribution in [0.2, 0.25) is 0 Å². The van der Waals surface area contributed by atoms with Gasteiger partial charge in [0.25, 0.3) is 0 Å². The Morgan fingerprint density at radius 2 is 1.96 bits per heavy atom. The standard InChI is InChI=1S/C19H28N2O2/c1-3-4-8-13-20-14-11-17(12-15-20)16-21(19(22)23-2)18-9-6-5-7-10-18/h4-10,17H,3,11-16H2,1-2H3/b8-4+. The van der Waals surface area contributed by atoms with Gasteiger partial charge < -0.3 is 4.74 Å². The Kier molecular flexibility index (Phi) is 7.14. The number of amides is 1. The molecule has 1 fully saturated rings. The molecule has 4 nitrogen and oxygen atoms in total. The van der Waals surface area contributed by atoms with Crippen molar-refractivity contribution in [2.24, 2.45) is 5.92 Å². The molecule has 1 aromatic rings. The van der Waals surface area contributed by atoms with Gasteiger partial charge in [0.1, 0.15) is 0 Å². The molecule has 23 heavy (non-hydrogen) atoms. The van der Waals surface area contributed by atoms with E-state index in [1.54, 1.807) is 4.90 Å². The summed E-state index contributed by atoms with van der Waals surface area (Å²) in [6.07, 6.45) is 7.55. The highest BCUT2D eigenvalue weighted by Crippen LogP contribution is 2.22. The molecular formula is C19H28N2O2. The van der Waals surface area contributed by atoms with Gasteiger partial charge in [0.15, 0.2) is 0 Å². The molecule has 0 aromatic heterocycles. The predicted octanol–water partition coefficient (Wildman–Crippen LogP) is 3.94. The van der Waals surface area contributed by atoms with Crippen LogP contribution in [0.25, 0.3) is 0 Å². The van der Waals surface area contributed by atoms with Gasteiger partial charge in [-0.05, 0) is 50.4 Å². The number of piperidine rings is 1. The highest BCUT2D eigenvalue weighted by atomic mass is 16.5. The summed E-state index contributed by atoms with van der Waals surface area (Å²) < 4.78 is 4.96. The monoisotopic (exact) mass is 316 g/mol. The number of para-hydroxylation sites is 1. The lowest BCUT2D eigenvalue weighted by Crippen LogP contribution is -2.41. The molecule has 0 atom stereocenters. The van der Waals surface area contributed by atoms with Crippen LogP contribution in [0.3, 0.4) is 0 Å². The topological polar surface area (TPSA) is 32.8 Å². The van der Waals surface area contributed by atoms with Gasteiger partial charge in [-0.25, -0.2) is 4.79 Å². The van der Waals surface area contributed by atoms with Crippen molar-refractivity contribution in [1.82, 2.24) is 4.90 Å². The van der Waals surface area contributed by atoms with Gasteiger partial charge in [-0.3, -0.25) is 9.80 Å². The number of carbonyl (C=O) groups excluding carboxylic acids is 1. The average molecular weight is 316 g/mol. The number of nitrogens with zero attached hydrogens (tertiary/aromatic N) is 2. The van der Waals surface area contributed by atoms with Crippen LogP contribution in [0.5, 0.6) is 0 Å². The van der Waals surface area contributed by atoms with E-state index in [1.165, 1.54) is 7.11 Å². The highest BCUT2D eigenvalue weighted by Gasteiger charge is 2.24. The molecule has 0 spiro atoms. The van der Waals surface area contributed by atoms with Crippen molar-refractivity contribution in [1.29, 1.82) is 0 Å². The maximum atomic E-state index is 12.1. The summed E-state index contributed by atoms with van der Waals surface area (Å²) in [5.41, 5.74) is 0.910. The largest absolute Gasteiger partial charge is 0.452 e. The number of allylic oxidation sites excluding steroid dienone is 1. The molecule has 0 aliphatic carbocycles. The minimum Gasteiger partial charge on any atom is -0.452 e. The van der Waals surface area contributed by atoms with Crippen LogP contribution in [-0.2, 0) is 4.74 Å². The van der Waals surface area contributed by atoms with Crippen LogP contribution in [0.15, 0.2) is 42.5 Å². The minimum atomic E-state index is -0.274. The Hall–Kier alpha value is -1.81. The highest BCUT2D eigenvalue weighted by molar-refractivity contribution is 5.87. The number of anilines is 1. The fraction of sp³-hybridized carbons (Fsp3) is 0.526. The molecule has 0 saturated carbocycles. The van der Waals surface area contributed by atoms with E-state index in [2.05, 4.69) is 24.0 Å². The van der Waals surface area contributed by atoms with Crippen molar-refractivity contribution >= 4 is 11.8 Å². The predicted molar refractivity (Wildman–Crippen MR) is 94.8 cm³/mol. The molecule has 0 radical (unpaired) electrons. The lowest BCUT2D eigenvalue weighted by atomic mass is 9.96. The first-order valence-electron chi connectivity index (χ1n) is 8.52. The van der Waals surface area contributed by atoms with Crippen molar-refractivity contribution in [3.05, 3.63) is 42.5 Å². The van der Waals surface area contributed by atoms with E-state index in [0.29, 0.717) is 5.92 Å². The molecule has 1 aromatic carbocycles. The van der Waals surface area contributed by atoms with E-state index in [0.717, 1.165) is 51.1 Å². The fourth-order valence-corrected chi connectivity index (χ4v) is 3.00. The third-order valence-corrected chi connectivity index (χ3v) is 4.38. The Morgan fingerprint density at radius 3 is 2.57 bits per heavy atom. The third-order valence-electron chi connectivity index (χ3n) is 4.38. The zero-order valence-corrected chi connectivity index (χ0v) is 14.3. The van der Waals surface area contributed by atoms with Gasteiger partial charge in [-0.15, -0.1) is 0 Å². The molecule has 0 bridgehead atoms. The number of likely N-dealkylation sites (tertiary alicyclic amines) is 1. The number of ether oxygens (including phenoxy) is 1. The maximum absolute atomic E-state index is 12.1. The van der Waals surface area contributed by atoms with Crippen molar-refractivity contribution in [2.75, 3.05) is 38.2 Å². The molecule has 4 heteroatoms. The Balaban J connectivity index is 1.89. The number of hydrogen-bond donors (Lipinski definition) is 0. The molecule has 1 saturated heterocycles. The molecule has 0 N–H and O–H groups in total. The van der Waals surface area contributed by atoms with Crippen LogP contribution >= 0.6 is 0 Å². The van der Waals surface area contributed by atoms with Gasteiger partial charge in [0.05, 0.1) is 7.11 Å². The zero-order valence-electron chi connectivity index (χ0n) is 14.3. The first-order valence-corrected chi connectivity index (χ1v) is 8.52. The summed E-state index contributed by atoms with van der Waals surface area (Å²) in [5, 5.41) is 0. The van der Waals surface area contributed by atoms with Gasteiger partial charge >= 0.3 is 6.09 Å². The molecule has 126 valence electrons. The van der Waals surface area contributed by atoms with Crippen LogP contribution in [0, 0.1) is 5.92 Å². The molecule has 1 aliphatic rings. The van der Waals surface area contributed by atoms with Gasteiger partial charge in [0.2, 0.25) is 0 Å². The number of rotatable bonds is 6. The van der Waals surface area contributed by atoms with E-state index >= 15 is 0 Å². The molecule has 0 unspecified atom stereocenters. The van der Waals surface area contributed by atoms with Crippen LogP contribution < -0.4 is 4.90 Å². The quantitative estimate of drug-likeness (QED) is 0.745. The second-order valence-corrected chi connectivity index (χ2v) is 6.04. The minimum absolute atomic E-state index is 0.274. The lowest BCUT2D eigenvalue weighted by molar-refractivity contribution is 0.170. The molecular weight excluding hydrogens is 288 g/mol. The summed E-state index contributed by atoms with van der Waals surface area (Å²) in [6, 6.07) is 9.78. The SMILES string of the molecule is CC/C=C/CN1CCC(CN(C(=O)OC)c2ccccc2)CC1. The second kappa shape index (κ2) is 9.36. The van der Waals surface area contributed by atoms with E-state index in [9.17, 15) is 4.79 Å². The van der Waals surface area contributed by atoms with Gasteiger partial charge in [0, 0.05) is 18.8 Å². The maximum Gasteiger partial charge on any atom is 0.414 e. The number of hydrogen-bond acceptors (Lipinski definition) is 3.